The van der Waals surface area contributed by atoms with Gasteiger partial charge in [-0.2, -0.15) is 0 Å². The Kier molecular flexibility index (Phi) is 3.96. The third kappa shape index (κ3) is 3.41. The molecule has 0 aliphatic heterocycles. The van der Waals surface area contributed by atoms with Gasteiger partial charge in [0.25, 0.3) is 0 Å². The molecule has 2 aromatic rings. The summed E-state index contributed by atoms with van der Waals surface area (Å²) in [5.74, 6) is -0.787. The Morgan fingerprint density at radius 2 is 2.37 bits per heavy atom. The van der Waals surface area contributed by atoms with Crippen LogP contribution in [0.25, 0.3) is 10.8 Å². The van der Waals surface area contributed by atoms with Gasteiger partial charge in [0.15, 0.2) is 10.8 Å². The van der Waals surface area contributed by atoms with Gasteiger partial charge >= 0.3 is 5.97 Å². The molecule has 0 aliphatic carbocycles. The molecule has 0 saturated carbocycles. The predicted molar refractivity (Wildman–Crippen MR) is 68.8 cm³/mol. The molecule has 0 unspecified atom stereocenters. The van der Waals surface area contributed by atoms with E-state index in [1.165, 1.54) is 18.3 Å². The normalized spacial score (nSPS) is 12.1. The van der Waals surface area contributed by atoms with Crippen molar-refractivity contribution in [3.63, 3.8) is 0 Å². The maximum atomic E-state index is 11.6. The van der Waals surface area contributed by atoms with Crippen molar-refractivity contribution in [2.45, 2.75) is 19.4 Å². The van der Waals surface area contributed by atoms with Crippen molar-refractivity contribution in [3.8, 4) is 10.8 Å². The first kappa shape index (κ1) is 13.3. The van der Waals surface area contributed by atoms with E-state index < -0.39 is 12.0 Å². The second kappa shape index (κ2) is 5.66. The standard InChI is InChI=1S/C12H12N2O4S/c1-7(12(16)17)13-10(15)5-8-6-19-11(14-8)9-3-2-4-18-9/h2-4,6-7H,5H2,1H3,(H,13,15)(H,16,17)/t7-/m1/s1. The van der Waals surface area contributed by atoms with E-state index in [2.05, 4.69) is 10.3 Å². The number of aliphatic carboxylic acids is 1. The molecule has 0 spiro atoms. The minimum absolute atomic E-state index is 0.0504. The molecular weight excluding hydrogens is 268 g/mol. The van der Waals surface area contributed by atoms with Crippen LogP contribution in [0.2, 0.25) is 0 Å². The van der Waals surface area contributed by atoms with Crippen LogP contribution >= 0.6 is 11.3 Å². The van der Waals surface area contributed by atoms with Gasteiger partial charge in [0, 0.05) is 5.38 Å². The molecule has 0 aromatic carbocycles. The fourth-order valence-corrected chi connectivity index (χ4v) is 2.21. The van der Waals surface area contributed by atoms with E-state index in [1.54, 1.807) is 23.8 Å². The average Bonchev–Trinajstić information content (AvgIpc) is 2.97. The Bertz CT molecular complexity index is 576. The highest BCUT2D eigenvalue weighted by Crippen LogP contribution is 2.23. The van der Waals surface area contributed by atoms with Crippen LogP contribution in [0, 0.1) is 0 Å². The lowest BCUT2D eigenvalue weighted by molar-refractivity contribution is -0.141. The summed E-state index contributed by atoms with van der Waals surface area (Å²) in [4.78, 5) is 26.5. The summed E-state index contributed by atoms with van der Waals surface area (Å²) in [5, 5.41) is 13.5. The number of hydrogen-bond donors (Lipinski definition) is 2. The molecule has 0 radical (unpaired) electrons. The number of furan rings is 1. The second-order valence-electron chi connectivity index (χ2n) is 3.93. The smallest absolute Gasteiger partial charge is 0.325 e. The van der Waals surface area contributed by atoms with Crippen molar-refractivity contribution in [1.82, 2.24) is 10.3 Å². The van der Waals surface area contributed by atoms with Crippen molar-refractivity contribution in [1.29, 1.82) is 0 Å². The number of amides is 1. The van der Waals surface area contributed by atoms with E-state index in [0.717, 1.165) is 0 Å². The van der Waals surface area contributed by atoms with Crippen LogP contribution in [0.1, 0.15) is 12.6 Å². The molecule has 2 N–H and O–H groups in total. The van der Waals surface area contributed by atoms with E-state index >= 15 is 0 Å². The van der Waals surface area contributed by atoms with Gasteiger partial charge in [0.1, 0.15) is 6.04 Å². The Morgan fingerprint density at radius 3 is 3.00 bits per heavy atom. The Morgan fingerprint density at radius 1 is 1.58 bits per heavy atom. The van der Waals surface area contributed by atoms with Gasteiger partial charge < -0.3 is 14.8 Å². The maximum absolute atomic E-state index is 11.6. The zero-order chi connectivity index (χ0) is 13.8. The molecular formula is C12H12N2O4S. The lowest BCUT2D eigenvalue weighted by atomic mass is 10.3. The van der Waals surface area contributed by atoms with Crippen LogP contribution in [-0.4, -0.2) is 28.0 Å². The zero-order valence-corrected chi connectivity index (χ0v) is 10.9. The van der Waals surface area contributed by atoms with Crippen LogP contribution in [0.3, 0.4) is 0 Å². The van der Waals surface area contributed by atoms with Crippen LogP contribution in [0.5, 0.6) is 0 Å². The summed E-state index contributed by atoms with van der Waals surface area (Å²) in [5.41, 5.74) is 0.589. The second-order valence-corrected chi connectivity index (χ2v) is 4.78. The molecule has 1 atom stereocenters. The van der Waals surface area contributed by atoms with E-state index in [1.807, 2.05) is 0 Å². The number of nitrogens with zero attached hydrogens (tertiary/aromatic N) is 1. The van der Waals surface area contributed by atoms with Crippen LogP contribution < -0.4 is 5.32 Å². The molecule has 2 aromatic heterocycles. The van der Waals surface area contributed by atoms with Crippen molar-refractivity contribution in [2.24, 2.45) is 0 Å². The van der Waals surface area contributed by atoms with Gasteiger partial charge in [0.05, 0.1) is 18.4 Å². The summed E-state index contributed by atoms with van der Waals surface area (Å²) in [6.45, 7) is 1.41. The molecule has 1 amide bonds. The van der Waals surface area contributed by atoms with Gasteiger partial charge in [0.2, 0.25) is 5.91 Å². The van der Waals surface area contributed by atoms with Crippen molar-refractivity contribution in [2.75, 3.05) is 0 Å². The Balaban J connectivity index is 1.97. The van der Waals surface area contributed by atoms with Gasteiger partial charge in [-0.15, -0.1) is 11.3 Å². The molecule has 2 heterocycles. The highest BCUT2D eigenvalue weighted by Gasteiger charge is 2.15. The summed E-state index contributed by atoms with van der Waals surface area (Å²) >= 11 is 1.37. The third-order valence-electron chi connectivity index (χ3n) is 2.37. The topological polar surface area (TPSA) is 92.4 Å². The molecule has 2 rings (SSSR count). The molecule has 0 saturated heterocycles. The minimum Gasteiger partial charge on any atom is -0.480 e. The van der Waals surface area contributed by atoms with Crippen molar-refractivity contribution < 1.29 is 19.1 Å². The largest absolute Gasteiger partial charge is 0.480 e. The van der Waals surface area contributed by atoms with Crippen molar-refractivity contribution in [3.05, 3.63) is 29.5 Å². The molecule has 0 fully saturated rings. The van der Waals surface area contributed by atoms with Crippen molar-refractivity contribution >= 4 is 23.2 Å². The number of carbonyl (C=O) groups is 2. The number of aromatic nitrogens is 1. The number of carboxylic acids is 1. The van der Waals surface area contributed by atoms with E-state index in [0.29, 0.717) is 16.5 Å². The van der Waals surface area contributed by atoms with Gasteiger partial charge in [-0.3, -0.25) is 9.59 Å². The molecule has 0 bridgehead atoms. The van der Waals surface area contributed by atoms with Crippen LogP contribution in [0.15, 0.2) is 28.2 Å². The van der Waals surface area contributed by atoms with Gasteiger partial charge in [-0.25, -0.2) is 4.98 Å². The fraction of sp³-hybridized carbons (Fsp3) is 0.250. The summed E-state index contributed by atoms with van der Waals surface area (Å²) < 4.78 is 5.20. The van der Waals surface area contributed by atoms with E-state index in [-0.39, 0.29) is 12.3 Å². The molecule has 7 heteroatoms. The molecule has 100 valence electrons. The number of rotatable bonds is 5. The minimum atomic E-state index is -1.07. The van der Waals surface area contributed by atoms with E-state index in [9.17, 15) is 9.59 Å². The third-order valence-corrected chi connectivity index (χ3v) is 3.28. The first-order valence-electron chi connectivity index (χ1n) is 5.56. The molecule has 6 nitrogen and oxygen atoms in total. The zero-order valence-electron chi connectivity index (χ0n) is 10.1. The van der Waals surface area contributed by atoms with Gasteiger partial charge in [-0.1, -0.05) is 0 Å². The number of carbonyl (C=O) groups excluding carboxylic acids is 1. The highest BCUT2D eigenvalue weighted by molar-refractivity contribution is 7.13. The van der Waals surface area contributed by atoms with Crippen LogP contribution in [-0.2, 0) is 16.0 Å². The number of nitrogens with one attached hydrogen (secondary N) is 1. The quantitative estimate of drug-likeness (QED) is 0.866. The lowest BCUT2D eigenvalue weighted by Gasteiger charge is -2.07. The summed E-state index contributed by atoms with van der Waals surface area (Å²) in [6, 6.07) is 2.64. The first-order valence-corrected chi connectivity index (χ1v) is 6.44. The average molecular weight is 280 g/mol. The van der Waals surface area contributed by atoms with Crippen LogP contribution in [0.4, 0.5) is 0 Å². The first-order chi connectivity index (χ1) is 9.06. The number of hydrogen-bond acceptors (Lipinski definition) is 5. The predicted octanol–water partition coefficient (Wildman–Crippen LogP) is 1.53. The summed E-state index contributed by atoms with van der Waals surface area (Å²) in [6.07, 6.45) is 1.60. The van der Waals surface area contributed by atoms with E-state index in [4.69, 9.17) is 9.52 Å². The molecule has 0 aliphatic rings. The number of thiazole rings is 1. The Labute approximate surface area is 113 Å². The summed E-state index contributed by atoms with van der Waals surface area (Å²) in [7, 11) is 0. The number of carboxylic acid groups (broad SMARTS) is 1. The monoisotopic (exact) mass is 280 g/mol. The fourth-order valence-electron chi connectivity index (χ4n) is 1.42. The Hall–Kier alpha value is -2.15. The SMILES string of the molecule is C[C@@H](NC(=O)Cc1csc(-c2ccco2)n1)C(=O)O. The maximum Gasteiger partial charge on any atom is 0.325 e. The van der Waals surface area contributed by atoms with Gasteiger partial charge in [-0.05, 0) is 19.1 Å². The molecule has 19 heavy (non-hydrogen) atoms. The highest BCUT2D eigenvalue weighted by atomic mass is 32.1. The lowest BCUT2D eigenvalue weighted by Crippen LogP contribution is -2.39.